The quantitative estimate of drug-likeness (QED) is 0.193. The maximum atomic E-state index is 11.4. The lowest BCUT2D eigenvalue weighted by Gasteiger charge is -2.40. The first-order valence-corrected chi connectivity index (χ1v) is 12.3. The molecule has 9 heteroatoms. The van der Waals surface area contributed by atoms with E-state index in [0.29, 0.717) is 13.0 Å². The second kappa shape index (κ2) is 10.0. The summed E-state index contributed by atoms with van der Waals surface area (Å²) in [6.07, 6.45) is 0.146. The van der Waals surface area contributed by atoms with Crippen molar-refractivity contribution in [1.82, 2.24) is 4.67 Å². The van der Waals surface area contributed by atoms with Gasteiger partial charge in [0.2, 0.25) is 0 Å². The van der Waals surface area contributed by atoms with E-state index in [1.54, 1.807) is 21.6 Å². The van der Waals surface area contributed by atoms with Crippen LogP contribution in [0.15, 0.2) is 5.18 Å². The van der Waals surface area contributed by atoms with E-state index in [4.69, 9.17) is 14.3 Å². The molecule has 0 amide bonds. The lowest BCUT2D eigenvalue weighted by molar-refractivity contribution is 0.103. The first-order valence-electron chi connectivity index (χ1n) is 8.92. The highest BCUT2D eigenvalue weighted by Gasteiger charge is 2.53. The number of rotatable bonds is 10. The molecule has 0 aromatic rings. The maximum Gasteiger partial charge on any atom is 0.259 e. The molecule has 1 heterocycles. The highest BCUT2D eigenvalue weighted by molar-refractivity contribution is 8.78. The van der Waals surface area contributed by atoms with Crippen LogP contribution in [0.4, 0.5) is 0 Å². The first kappa shape index (κ1) is 24.1. The summed E-state index contributed by atoms with van der Waals surface area (Å²) in [4.78, 5) is 11.4. The number of hydrogen-bond donors (Lipinski definition) is 0. The lowest BCUT2D eigenvalue weighted by atomic mass is 9.91. The van der Waals surface area contributed by atoms with Gasteiger partial charge in [0.05, 0.1) is 30.5 Å². The third kappa shape index (κ3) is 6.05. The third-order valence-corrected chi connectivity index (χ3v) is 10.2. The molecule has 150 valence electrons. The van der Waals surface area contributed by atoms with Gasteiger partial charge in [-0.05, 0) is 55.4 Å². The smallest absolute Gasteiger partial charge is 0.259 e. The summed E-state index contributed by atoms with van der Waals surface area (Å²) in [5, 5.41) is 12.2. The highest BCUT2D eigenvalue weighted by Crippen LogP contribution is 2.60. The minimum atomic E-state index is -1.35. The first-order chi connectivity index (χ1) is 12.0. The number of nitriles is 1. The predicted molar refractivity (Wildman–Crippen MR) is 113 cm³/mol. The largest absolute Gasteiger partial charge is 0.321 e. The number of nitroso groups, excluding NO2 is 1. The van der Waals surface area contributed by atoms with Gasteiger partial charge in [0.25, 0.3) is 8.53 Å². The van der Waals surface area contributed by atoms with Gasteiger partial charge >= 0.3 is 0 Å². The molecule has 0 radical (unpaired) electrons. The summed E-state index contributed by atoms with van der Waals surface area (Å²) < 4.78 is 14.7. The van der Waals surface area contributed by atoms with E-state index in [1.165, 1.54) is 0 Å². The molecule has 0 bridgehead atoms. The van der Waals surface area contributed by atoms with Crippen molar-refractivity contribution in [3.63, 3.8) is 0 Å². The standard InChI is InChI=1S/C17H32N3O3PS2/c1-12(2)20(13(3)4)24(22-11-9-10-18)23-14-15(16(5,6)19-21)25-26-17(14,7)8/h12-15H,9,11H2,1-8H3. The van der Waals surface area contributed by atoms with E-state index < -0.39 is 14.1 Å². The molecule has 0 aromatic carbocycles. The fraction of sp³-hybridized carbons (Fsp3) is 0.941. The van der Waals surface area contributed by atoms with Crippen molar-refractivity contribution in [2.75, 3.05) is 6.61 Å². The van der Waals surface area contributed by atoms with Crippen LogP contribution in [0.2, 0.25) is 0 Å². The van der Waals surface area contributed by atoms with Gasteiger partial charge in [-0.25, -0.2) is 4.67 Å². The van der Waals surface area contributed by atoms with E-state index in [-0.39, 0.29) is 28.2 Å². The average molecular weight is 422 g/mol. The molecular weight excluding hydrogens is 389 g/mol. The van der Waals surface area contributed by atoms with Crippen LogP contribution < -0.4 is 0 Å². The van der Waals surface area contributed by atoms with E-state index >= 15 is 0 Å². The van der Waals surface area contributed by atoms with E-state index in [9.17, 15) is 4.91 Å². The van der Waals surface area contributed by atoms with Crippen molar-refractivity contribution in [1.29, 1.82) is 5.26 Å². The Morgan fingerprint density at radius 2 is 1.88 bits per heavy atom. The SMILES string of the molecule is CC(C)N(C(C)C)P(OCCC#N)OC1C(C(C)(C)N=O)SSC1(C)C. The van der Waals surface area contributed by atoms with Crippen molar-refractivity contribution < 1.29 is 9.05 Å². The molecule has 0 N–H and O–H groups in total. The van der Waals surface area contributed by atoms with Crippen LogP contribution in [0.5, 0.6) is 0 Å². The molecule has 0 spiro atoms. The second-order valence-corrected chi connectivity index (χ2v) is 12.4. The van der Waals surface area contributed by atoms with Crippen molar-refractivity contribution in [3.8, 4) is 6.07 Å². The Labute approximate surface area is 167 Å². The van der Waals surface area contributed by atoms with E-state index in [1.807, 2.05) is 13.8 Å². The Hall–Kier alpha value is 0.100. The highest BCUT2D eigenvalue weighted by atomic mass is 33.1. The van der Waals surface area contributed by atoms with Crippen LogP contribution in [0, 0.1) is 16.2 Å². The lowest BCUT2D eigenvalue weighted by Crippen LogP contribution is -2.47. The maximum absolute atomic E-state index is 11.4. The van der Waals surface area contributed by atoms with Gasteiger partial charge in [0.15, 0.2) is 0 Å². The molecular formula is C17H32N3O3PS2. The molecule has 26 heavy (non-hydrogen) atoms. The zero-order chi connectivity index (χ0) is 20.1. The van der Waals surface area contributed by atoms with Crippen molar-refractivity contribution in [3.05, 3.63) is 4.91 Å². The Bertz CT molecular complexity index is 504. The average Bonchev–Trinajstić information content (AvgIpc) is 2.82. The van der Waals surface area contributed by atoms with Gasteiger partial charge in [-0.15, -0.1) is 0 Å². The van der Waals surface area contributed by atoms with Gasteiger partial charge in [0, 0.05) is 16.8 Å². The monoisotopic (exact) mass is 421 g/mol. The van der Waals surface area contributed by atoms with Gasteiger partial charge in [-0.3, -0.25) is 0 Å². The molecule has 1 rings (SSSR count). The second-order valence-electron chi connectivity index (χ2n) is 8.02. The zero-order valence-electron chi connectivity index (χ0n) is 17.1. The van der Waals surface area contributed by atoms with Gasteiger partial charge in [-0.2, -0.15) is 10.2 Å². The van der Waals surface area contributed by atoms with Gasteiger partial charge in [-0.1, -0.05) is 26.8 Å². The molecule has 0 aliphatic carbocycles. The van der Waals surface area contributed by atoms with E-state index in [0.717, 1.165) is 0 Å². The minimum absolute atomic E-state index is 0.0641. The van der Waals surface area contributed by atoms with Crippen LogP contribution in [-0.4, -0.2) is 45.0 Å². The Morgan fingerprint density at radius 1 is 1.31 bits per heavy atom. The number of hydrogen-bond acceptors (Lipinski definition) is 8. The molecule has 1 saturated heterocycles. The summed E-state index contributed by atoms with van der Waals surface area (Å²) in [7, 11) is 2.05. The normalized spacial score (nSPS) is 24.2. The minimum Gasteiger partial charge on any atom is -0.321 e. The molecule has 1 fully saturated rings. The molecule has 0 saturated carbocycles. The Balaban J connectivity index is 3.12. The third-order valence-electron chi connectivity index (χ3n) is 4.12. The Kier molecular flexibility index (Phi) is 9.32. The Morgan fingerprint density at radius 3 is 2.35 bits per heavy atom. The van der Waals surface area contributed by atoms with Crippen molar-refractivity contribution in [2.24, 2.45) is 5.18 Å². The van der Waals surface area contributed by atoms with Crippen molar-refractivity contribution in [2.45, 2.75) is 95.5 Å². The number of nitrogens with zero attached hydrogens (tertiary/aromatic N) is 3. The molecule has 0 aromatic heterocycles. The summed E-state index contributed by atoms with van der Waals surface area (Å²) >= 11 is 0. The van der Waals surface area contributed by atoms with Crippen LogP contribution in [0.1, 0.15) is 61.8 Å². The molecule has 3 unspecified atom stereocenters. The zero-order valence-corrected chi connectivity index (χ0v) is 19.6. The molecule has 3 atom stereocenters. The fourth-order valence-corrected chi connectivity index (χ4v) is 8.63. The van der Waals surface area contributed by atoms with E-state index in [2.05, 4.69) is 57.5 Å². The van der Waals surface area contributed by atoms with Crippen LogP contribution in [0.25, 0.3) is 0 Å². The fourth-order valence-electron chi connectivity index (χ4n) is 2.75. The molecule has 1 aliphatic heterocycles. The summed E-state index contributed by atoms with van der Waals surface area (Å²) in [5.41, 5.74) is -0.732. The van der Waals surface area contributed by atoms with Crippen LogP contribution in [0.3, 0.4) is 0 Å². The molecule has 1 aliphatic rings. The van der Waals surface area contributed by atoms with Crippen LogP contribution >= 0.6 is 30.1 Å². The summed E-state index contributed by atoms with van der Waals surface area (Å²) in [6, 6.07) is 2.60. The summed E-state index contributed by atoms with van der Waals surface area (Å²) in [5.74, 6) is 0. The van der Waals surface area contributed by atoms with Gasteiger partial charge < -0.3 is 9.05 Å². The topological polar surface area (TPSA) is 74.9 Å². The van der Waals surface area contributed by atoms with Crippen LogP contribution in [-0.2, 0) is 9.05 Å². The predicted octanol–water partition coefficient (Wildman–Crippen LogP) is 5.73. The van der Waals surface area contributed by atoms with Crippen molar-refractivity contribution >= 4 is 30.1 Å². The van der Waals surface area contributed by atoms with Gasteiger partial charge in [0.1, 0.15) is 5.54 Å². The molecule has 6 nitrogen and oxygen atoms in total. The summed E-state index contributed by atoms with van der Waals surface area (Å²) in [6.45, 7) is 16.8.